The number of carbonyl (C=O) groups excluding carboxylic acids is 1. The van der Waals surface area contributed by atoms with Crippen LogP contribution in [0.2, 0.25) is 5.02 Å². The number of amides is 1. The van der Waals surface area contributed by atoms with Crippen molar-refractivity contribution < 1.29 is 14.3 Å². The van der Waals surface area contributed by atoms with Gasteiger partial charge in [0, 0.05) is 54.6 Å². The van der Waals surface area contributed by atoms with E-state index < -0.39 is 0 Å². The Kier molecular flexibility index (Phi) is 7.82. The highest BCUT2D eigenvalue weighted by Gasteiger charge is 2.26. The summed E-state index contributed by atoms with van der Waals surface area (Å²) in [4.78, 5) is 14.8. The molecule has 1 heterocycles. The summed E-state index contributed by atoms with van der Waals surface area (Å²) in [6, 6.07) is 13.5. The van der Waals surface area contributed by atoms with Crippen LogP contribution in [0.1, 0.15) is 25.3 Å². The highest BCUT2D eigenvalue weighted by Crippen LogP contribution is 2.27. The van der Waals surface area contributed by atoms with Crippen LogP contribution in [0.4, 0.5) is 5.69 Å². The first kappa shape index (κ1) is 22.2. The van der Waals surface area contributed by atoms with E-state index in [2.05, 4.69) is 15.5 Å². The van der Waals surface area contributed by atoms with Crippen LogP contribution >= 0.6 is 11.6 Å². The van der Waals surface area contributed by atoms with Crippen molar-refractivity contribution in [2.45, 2.75) is 38.4 Å². The van der Waals surface area contributed by atoms with Crippen molar-refractivity contribution in [1.29, 1.82) is 0 Å². The molecule has 0 radical (unpaired) electrons. The molecule has 0 saturated carbocycles. The molecule has 0 aromatic heterocycles. The number of nitrogens with zero attached hydrogens (tertiary/aromatic N) is 1. The second-order valence-electron chi connectivity index (χ2n) is 7.58. The van der Waals surface area contributed by atoms with Crippen molar-refractivity contribution in [3.05, 3.63) is 53.1 Å². The number of halogens is 1. The van der Waals surface area contributed by atoms with Gasteiger partial charge in [0.15, 0.2) is 0 Å². The normalized spacial score (nSPS) is 16.0. The van der Waals surface area contributed by atoms with Gasteiger partial charge in [-0.3, -0.25) is 9.69 Å². The van der Waals surface area contributed by atoms with E-state index in [0.717, 1.165) is 48.7 Å². The van der Waals surface area contributed by atoms with Gasteiger partial charge in [0.1, 0.15) is 11.5 Å². The molecule has 6 nitrogen and oxygen atoms in total. The van der Waals surface area contributed by atoms with E-state index in [0.29, 0.717) is 17.6 Å². The minimum absolute atomic E-state index is 0.0499. The number of methoxy groups -OCH3 is 2. The third kappa shape index (κ3) is 6.03. The first-order chi connectivity index (χ1) is 14.5. The van der Waals surface area contributed by atoms with Crippen LogP contribution in [0.25, 0.3) is 0 Å². The Morgan fingerprint density at radius 2 is 1.70 bits per heavy atom. The zero-order valence-corrected chi connectivity index (χ0v) is 18.5. The molecule has 1 amide bonds. The van der Waals surface area contributed by atoms with Gasteiger partial charge in [0.25, 0.3) is 0 Å². The Morgan fingerprint density at radius 1 is 1.10 bits per heavy atom. The predicted octanol–water partition coefficient (Wildman–Crippen LogP) is 3.94. The molecule has 2 aromatic rings. The fourth-order valence-corrected chi connectivity index (χ4v) is 3.79. The van der Waals surface area contributed by atoms with Gasteiger partial charge in [-0.1, -0.05) is 23.7 Å². The van der Waals surface area contributed by atoms with E-state index >= 15 is 0 Å². The molecule has 3 rings (SSSR count). The smallest absolute Gasteiger partial charge is 0.237 e. The monoisotopic (exact) mass is 431 g/mol. The highest BCUT2D eigenvalue weighted by molar-refractivity contribution is 6.30. The molecule has 1 fully saturated rings. The van der Waals surface area contributed by atoms with Gasteiger partial charge in [-0.15, -0.1) is 0 Å². The van der Waals surface area contributed by atoms with E-state index in [-0.39, 0.29) is 11.9 Å². The second-order valence-corrected chi connectivity index (χ2v) is 8.01. The van der Waals surface area contributed by atoms with Gasteiger partial charge in [-0.2, -0.15) is 0 Å². The maximum Gasteiger partial charge on any atom is 0.237 e. The predicted molar refractivity (Wildman–Crippen MR) is 121 cm³/mol. The fraction of sp³-hybridized carbons (Fsp3) is 0.435. The first-order valence-corrected chi connectivity index (χ1v) is 10.6. The highest BCUT2D eigenvalue weighted by atomic mass is 35.5. The largest absolute Gasteiger partial charge is 0.497 e. The van der Waals surface area contributed by atoms with Gasteiger partial charge < -0.3 is 20.1 Å². The maximum absolute atomic E-state index is 12.6. The Labute approximate surface area is 183 Å². The minimum atomic E-state index is -0.157. The molecule has 7 heteroatoms. The summed E-state index contributed by atoms with van der Waals surface area (Å²) in [7, 11) is 3.30. The van der Waals surface area contributed by atoms with Crippen LogP contribution < -0.4 is 20.1 Å². The van der Waals surface area contributed by atoms with E-state index in [1.54, 1.807) is 14.2 Å². The third-order valence-electron chi connectivity index (χ3n) is 5.56. The number of ether oxygens (including phenoxy) is 2. The Bertz CT molecular complexity index is 814. The number of hydrogen-bond acceptors (Lipinski definition) is 5. The summed E-state index contributed by atoms with van der Waals surface area (Å²) in [6.45, 7) is 4.22. The number of nitrogens with one attached hydrogen (secondary N) is 2. The SMILES string of the molecule is COc1cc(NC2CCN([C@H](C)C(=O)NCc3ccc(Cl)cc3)CC2)cc(OC)c1. The molecule has 1 aliphatic heterocycles. The lowest BCUT2D eigenvalue weighted by Gasteiger charge is -2.36. The molecule has 30 heavy (non-hydrogen) atoms. The molecule has 2 aromatic carbocycles. The standard InChI is InChI=1S/C23H30ClN3O3/c1-16(23(28)25-15-17-4-6-18(24)7-5-17)27-10-8-19(9-11-27)26-20-12-21(29-2)14-22(13-20)30-3/h4-7,12-14,16,19,26H,8-11,15H2,1-3H3,(H,25,28)/t16-/m1/s1. The van der Waals surface area contributed by atoms with Crippen LogP contribution in [-0.4, -0.2) is 50.2 Å². The molecular weight excluding hydrogens is 402 g/mol. The molecule has 162 valence electrons. The summed E-state index contributed by atoms with van der Waals surface area (Å²) >= 11 is 5.91. The number of carbonyl (C=O) groups is 1. The topological polar surface area (TPSA) is 62.8 Å². The number of piperidine rings is 1. The lowest BCUT2D eigenvalue weighted by molar-refractivity contribution is -0.126. The molecule has 1 saturated heterocycles. The molecule has 1 aliphatic rings. The van der Waals surface area contributed by atoms with Gasteiger partial charge in [0.05, 0.1) is 20.3 Å². The summed E-state index contributed by atoms with van der Waals surface area (Å²) in [5.41, 5.74) is 2.02. The van der Waals surface area contributed by atoms with E-state index in [4.69, 9.17) is 21.1 Å². The van der Waals surface area contributed by atoms with Gasteiger partial charge >= 0.3 is 0 Å². The average molecular weight is 432 g/mol. The molecule has 0 bridgehead atoms. The maximum atomic E-state index is 12.6. The summed E-state index contributed by atoms with van der Waals surface area (Å²) in [5.74, 6) is 1.58. The average Bonchev–Trinajstić information content (AvgIpc) is 2.78. The molecule has 0 aliphatic carbocycles. The molecule has 1 atom stereocenters. The Hall–Kier alpha value is -2.44. The zero-order chi connectivity index (χ0) is 21.5. The van der Waals surface area contributed by atoms with E-state index in [1.807, 2.05) is 49.4 Å². The Balaban J connectivity index is 1.47. The number of rotatable bonds is 8. The van der Waals surface area contributed by atoms with Crippen LogP contribution in [0.15, 0.2) is 42.5 Å². The number of hydrogen-bond donors (Lipinski definition) is 2. The van der Waals surface area contributed by atoms with Gasteiger partial charge in [0.2, 0.25) is 5.91 Å². The second kappa shape index (κ2) is 10.5. The van der Waals surface area contributed by atoms with Crippen molar-refractivity contribution in [3.63, 3.8) is 0 Å². The van der Waals surface area contributed by atoms with Crippen LogP contribution in [-0.2, 0) is 11.3 Å². The first-order valence-electron chi connectivity index (χ1n) is 10.2. The van der Waals surface area contributed by atoms with Crippen molar-refractivity contribution >= 4 is 23.2 Å². The van der Waals surface area contributed by atoms with Crippen molar-refractivity contribution in [2.75, 3.05) is 32.6 Å². The quantitative estimate of drug-likeness (QED) is 0.662. The third-order valence-corrected chi connectivity index (χ3v) is 5.81. The van der Waals surface area contributed by atoms with Crippen LogP contribution in [0.3, 0.4) is 0 Å². The van der Waals surface area contributed by atoms with E-state index in [1.165, 1.54) is 0 Å². The molecule has 0 unspecified atom stereocenters. The lowest BCUT2D eigenvalue weighted by Crippen LogP contribution is -2.49. The molecule has 0 spiro atoms. The van der Waals surface area contributed by atoms with Crippen molar-refractivity contribution in [3.8, 4) is 11.5 Å². The minimum Gasteiger partial charge on any atom is -0.497 e. The zero-order valence-electron chi connectivity index (χ0n) is 17.8. The van der Waals surface area contributed by atoms with Crippen molar-refractivity contribution in [1.82, 2.24) is 10.2 Å². The van der Waals surface area contributed by atoms with Crippen LogP contribution in [0, 0.1) is 0 Å². The Morgan fingerprint density at radius 3 is 2.27 bits per heavy atom. The molecule has 2 N–H and O–H groups in total. The van der Waals surface area contributed by atoms with Crippen molar-refractivity contribution in [2.24, 2.45) is 0 Å². The molecular formula is C23H30ClN3O3. The lowest BCUT2D eigenvalue weighted by atomic mass is 10.0. The fourth-order valence-electron chi connectivity index (χ4n) is 3.66. The van der Waals surface area contributed by atoms with Gasteiger partial charge in [-0.05, 0) is 37.5 Å². The summed E-state index contributed by atoms with van der Waals surface area (Å²) in [5, 5.41) is 7.29. The number of benzene rings is 2. The van der Waals surface area contributed by atoms with Crippen LogP contribution in [0.5, 0.6) is 11.5 Å². The van der Waals surface area contributed by atoms with E-state index in [9.17, 15) is 4.79 Å². The summed E-state index contributed by atoms with van der Waals surface area (Å²) < 4.78 is 10.7. The number of anilines is 1. The van der Waals surface area contributed by atoms with Gasteiger partial charge in [-0.25, -0.2) is 0 Å². The number of likely N-dealkylation sites (tertiary alicyclic amines) is 1. The summed E-state index contributed by atoms with van der Waals surface area (Å²) in [6.07, 6.45) is 1.93.